The summed E-state index contributed by atoms with van der Waals surface area (Å²) in [5.41, 5.74) is 4.43. The second kappa shape index (κ2) is 9.19. The fourth-order valence-electron chi connectivity index (χ4n) is 3.37. The molecule has 0 spiro atoms. The predicted octanol–water partition coefficient (Wildman–Crippen LogP) is 2.49. The van der Waals surface area contributed by atoms with Crippen molar-refractivity contribution in [1.29, 1.82) is 0 Å². The molecule has 7 nitrogen and oxygen atoms in total. The van der Waals surface area contributed by atoms with Gasteiger partial charge < -0.3 is 14.4 Å². The van der Waals surface area contributed by atoms with Crippen LogP contribution in [0.15, 0.2) is 36.4 Å². The van der Waals surface area contributed by atoms with Gasteiger partial charge in [0, 0.05) is 5.56 Å². The van der Waals surface area contributed by atoms with Gasteiger partial charge in [0.05, 0.1) is 26.5 Å². The summed E-state index contributed by atoms with van der Waals surface area (Å²) in [6.07, 6.45) is 0. The van der Waals surface area contributed by atoms with Gasteiger partial charge in [0.2, 0.25) is 4.77 Å². The summed E-state index contributed by atoms with van der Waals surface area (Å²) in [6, 6.07) is 12.3. The monoisotopic (exact) mass is 414 g/mol. The van der Waals surface area contributed by atoms with Gasteiger partial charge in [-0.3, -0.25) is 0 Å². The first-order chi connectivity index (χ1) is 13.9. The van der Waals surface area contributed by atoms with Gasteiger partial charge in [-0.2, -0.15) is 9.36 Å². The molecule has 0 aliphatic rings. The molecule has 0 saturated carbocycles. The van der Waals surface area contributed by atoms with Crippen molar-refractivity contribution < 1.29 is 14.4 Å². The second-order valence-corrected chi connectivity index (χ2v) is 7.59. The summed E-state index contributed by atoms with van der Waals surface area (Å²) in [5, 5.41) is 8.53. The highest BCUT2D eigenvalue weighted by atomic mass is 32.1. The molecule has 1 heterocycles. The van der Waals surface area contributed by atoms with Crippen LogP contribution in [0.2, 0.25) is 0 Å². The van der Waals surface area contributed by atoms with Crippen molar-refractivity contribution in [3.05, 3.63) is 57.9 Å². The third-order valence-corrected chi connectivity index (χ3v) is 4.93. The van der Waals surface area contributed by atoms with Crippen molar-refractivity contribution in [3.8, 4) is 17.2 Å². The van der Waals surface area contributed by atoms with Crippen molar-refractivity contribution in [1.82, 2.24) is 19.8 Å². The van der Waals surface area contributed by atoms with Crippen molar-refractivity contribution >= 4 is 12.2 Å². The van der Waals surface area contributed by atoms with Gasteiger partial charge in [0.15, 0.2) is 18.2 Å². The number of hydrogen-bond donors (Lipinski definition) is 1. The first-order valence-corrected chi connectivity index (χ1v) is 10.0. The summed E-state index contributed by atoms with van der Waals surface area (Å²) >= 11 is 5.61. The predicted molar refractivity (Wildman–Crippen MR) is 114 cm³/mol. The molecule has 3 rings (SSSR count). The number of ether oxygens (including phenoxy) is 2. The van der Waals surface area contributed by atoms with Gasteiger partial charge in [-0.05, 0) is 84.9 Å². The standard InChI is InChI=1S/C21H27N5O2S/c1-6-28-19-8-7-17(12-20(19)27-5)13-24(4)14-25-21(29)26(23-22-25)18-10-15(2)9-16(3)11-18/h7-12H,6,13-14H2,1-5H3/p+1. The lowest BCUT2D eigenvalue weighted by molar-refractivity contribution is -0.917. The van der Waals surface area contributed by atoms with Crippen molar-refractivity contribution in [2.45, 2.75) is 34.0 Å². The average Bonchev–Trinajstić information content (AvgIpc) is 3.02. The summed E-state index contributed by atoms with van der Waals surface area (Å²) < 4.78 is 15.1. The fourth-order valence-corrected chi connectivity index (χ4v) is 3.61. The number of hydrogen-bond acceptors (Lipinski definition) is 5. The Bertz CT molecular complexity index is 1020. The van der Waals surface area contributed by atoms with E-state index in [1.807, 2.05) is 19.1 Å². The Morgan fingerprint density at radius 3 is 2.41 bits per heavy atom. The number of rotatable bonds is 8. The van der Waals surface area contributed by atoms with Crippen LogP contribution in [0.25, 0.3) is 5.69 Å². The summed E-state index contributed by atoms with van der Waals surface area (Å²) in [6.45, 7) is 8.09. The number of aryl methyl sites for hydroxylation is 2. The zero-order valence-corrected chi connectivity index (χ0v) is 18.4. The minimum atomic E-state index is 0.582. The maximum atomic E-state index is 5.61. The van der Waals surface area contributed by atoms with E-state index in [-0.39, 0.29) is 0 Å². The van der Waals surface area contributed by atoms with E-state index in [2.05, 4.69) is 55.6 Å². The highest BCUT2D eigenvalue weighted by Gasteiger charge is 2.13. The molecule has 0 radical (unpaired) electrons. The van der Waals surface area contributed by atoms with E-state index in [4.69, 9.17) is 21.7 Å². The van der Waals surface area contributed by atoms with Crippen LogP contribution < -0.4 is 14.4 Å². The summed E-state index contributed by atoms with van der Waals surface area (Å²) in [7, 11) is 3.75. The zero-order chi connectivity index (χ0) is 21.0. The number of nitrogens with zero attached hydrogens (tertiary/aromatic N) is 4. The van der Waals surface area contributed by atoms with E-state index in [1.165, 1.54) is 16.0 Å². The first kappa shape index (κ1) is 21.0. The van der Waals surface area contributed by atoms with E-state index in [1.54, 1.807) is 16.5 Å². The Kier molecular flexibility index (Phi) is 6.66. The minimum absolute atomic E-state index is 0.582. The van der Waals surface area contributed by atoms with Gasteiger partial charge in [-0.25, -0.2) is 0 Å². The Morgan fingerprint density at radius 1 is 1.03 bits per heavy atom. The van der Waals surface area contributed by atoms with Crippen LogP contribution in [0.3, 0.4) is 0 Å². The number of tetrazole rings is 1. The maximum Gasteiger partial charge on any atom is 0.225 e. The van der Waals surface area contributed by atoms with E-state index < -0.39 is 0 Å². The molecule has 0 aliphatic heterocycles. The SMILES string of the molecule is CCOc1ccc(C[NH+](C)Cn2nnn(-c3cc(C)cc(C)c3)c2=S)cc1OC. The van der Waals surface area contributed by atoms with Crippen LogP contribution >= 0.6 is 12.2 Å². The molecule has 29 heavy (non-hydrogen) atoms. The largest absolute Gasteiger partial charge is 0.493 e. The average molecular weight is 415 g/mol. The normalized spacial score (nSPS) is 12.0. The Morgan fingerprint density at radius 2 is 1.76 bits per heavy atom. The van der Waals surface area contributed by atoms with Crippen molar-refractivity contribution in [2.75, 3.05) is 20.8 Å². The van der Waals surface area contributed by atoms with Crippen LogP contribution in [-0.2, 0) is 13.2 Å². The molecule has 1 aromatic heterocycles. The molecule has 0 amide bonds. The van der Waals surface area contributed by atoms with Gasteiger partial charge in [0.25, 0.3) is 0 Å². The number of methoxy groups -OCH3 is 1. The molecular formula is C21H28N5O2S+. The van der Waals surface area contributed by atoms with Crippen LogP contribution in [0.4, 0.5) is 0 Å². The van der Waals surface area contributed by atoms with Crippen molar-refractivity contribution in [2.24, 2.45) is 0 Å². The lowest BCUT2D eigenvalue weighted by Crippen LogP contribution is -3.07. The maximum absolute atomic E-state index is 5.61. The lowest BCUT2D eigenvalue weighted by Gasteiger charge is -2.15. The molecule has 3 aromatic rings. The molecule has 0 aliphatic carbocycles. The Hall–Kier alpha value is -2.71. The number of benzene rings is 2. The molecule has 1 N–H and O–H groups in total. The third kappa shape index (κ3) is 5.02. The van der Waals surface area contributed by atoms with Gasteiger partial charge in [0.1, 0.15) is 6.54 Å². The van der Waals surface area contributed by atoms with Crippen LogP contribution in [0, 0.1) is 18.6 Å². The van der Waals surface area contributed by atoms with E-state index in [0.717, 1.165) is 29.3 Å². The van der Waals surface area contributed by atoms with Crippen LogP contribution in [-0.4, -0.2) is 40.6 Å². The number of quaternary nitrogens is 1. The molecule has 0 bridgehead atoms. The summed E-state index contributed by atoms with van der Waals surface area (Å²) in [4.78, 5) is 1.22. The molecule has 1 unspecified atom stereocenters. The Labute approximate surface area is 176 Å². The minimum Gasteiger partial charge on any atom is -0.493 e. The highest BCUT2D eigenvalue weighted by Crippen LogP contribution is 2.27. The lowest BCUT2D eigenvalue weighted by atomic mass is 10.1. The molecule has 2 aromatic carbocycles. The van der Waals surface area contributed by atoms with Gasteiger partial charge in [-0.1, -0.05) is 6.07 Å². The highest BCUT2D eigenvalue weighted by molar-refractivity contribution is 7.71. The quantitative estimate of drug-likeness (QED) is 0.574. The van der Waals surface area contributed by atoms with Crippen LogP contribution in [0.1, 0.15) is 23.6 Å². The Balaban J connectivity index is 1.74. The van der Waals surface area contributed by atoms with Crippen molar-refractivity contribution in [3.63, 3.8) is 0 Å². The molecule has 0 fully saturated rings. The summed E-state index contributed by atoms with van der Waals surface area (Å²) in [5.74, 6) is 1.50. The third-order valence-electron chi connectivity index (χ3n) is 4.54. The van der Waals surface area contributed by atoms with E-state index in [0.29, 0.717) is 18.0 Å². The molecule has 8 heteroatoms. The second-order valence-electron chi connectivity index (χ2n) is 7.23. The number of nitrogens with one attached hydrogen (secondary N) is 1. The zero-order valence-electron chi connectivity index (χ0n) is 17.6. The number of aromatic nitrogens is 4. The molecular weight excluding hydrogens is 386 g/mol. The van der Waals surface area contributed by atoms with Crippen LogP contribution in [0.5, 0.6) is 11.5 Å². The smallest absolute Gasteiger partial charge is 0.225 e. The topological polar surface area (TPSA) is 58.5 Å². The molecule has 1 atom stereocenters. The first-order valence-electron chi connectivity index (χ1n) is 9.63. The fraction of sp³-hybridized carbons (Fsp3) is 0.381. The van der Waals surface area contributed by atoms with Gasteiger partial charge in [-0.15, -0.1) is 0 Å². The van der Waals surface area contributed by atoms with E-state index >= 15 is 0 Å². The van der Waals surface area contributed by atoms with Gasteiger partial charge >= 0.3 is 0 Å². The molecule has 154 valence electrons. The van der Waals surface area contributed by atoms with E-state index in [9.17, 15) is 0 Å². The molecule has 0 saturated heterocycles.